The lowest BCUT2D eigenvalue weighted by Crippen LogP contribution is -2.14. The standard InChI is InChI=1S/C21H23N7O2S.ClH/c1-13-17(5-4-6-19(13)31(22,29)30)25-21-23-10-9-20(26-21)24-12-15-7-8-16-14(2)28(3)27-18(16)11-15;/h4-11H,12H2,1-3H3,(H2,22,29,30)(H2,23,24,25,26);1H. The highest BCUT2D eigenvalue weighted by Crippen LogP contribution is 2.24. The van der Waals surface area contributed by atoms with E-state index < -0.39 is 10.0 Å². The molecule has 32 heavy (non-hydrogen) atoms. The zero-order chi connectivity index (χ0) is 22.2. The first-order chi connectivity index (χ1) is 14.7. The number of halogens is 1. The summed E-state index contributed by atoms with van der Waals surface area (Å²) in [4.78, 5) is 8.75. The van der Waals surface area contributed by atoms with Crippen LogP contribution in [-0.2, 0) is 23.6 Å². The number of hydrogen-bond acceptors (Lipinski definition) is 7. The highest BCUT2D eigenvalue weighted by molar-refractivity contribution is 7.89. The van der Waals surface area contributed by atoms with Crippen LogP contribution in [0.3, 0.4) is 0 Å². The molecule has 0 amide bonds. The fourth-order valence-electron chi connectivity index (χ4n) is 3.38. The smallest absolute Gasteiger partial charge is 0.238 e. The van der Waals surface area contributed by atoms with Crippen molar-refractivity contribution in [3.05, 3.63) is 65.5 Å². The summed E-state index contributed by atoms with van der Waals surface area (Å²) >= 11 is 0. The summed E-state index contributed by atoms with van der Waals surface area (Å²) in [6, 6.07) is 12.8. The Morgan fingerprint density at radius 2 is 1.91 bits per heavy atom. The maximum atomic E-state index is 11.7. The third kappa shape index (κ3) is 4.82. The first-order valence-corrected chi connectivity index (χ1v) is 11.2. The van der Waals surface area contributed by atoms with E-state index in [0.29, 0.717) is 29.6 Å². The summed E-state index contributed by atoms with van der Waals surface area (Å²) in [6.45, 7) is 4.30. The summed E-state index contributed by atoms with van der Waals surface area (Å²) in [5.41, 5.74) is 4.23. The van der Waals surface area contributed by atoms with E-state index in [1.165, 1.54) is 6.07 Å². The summed E-state index contributed by atoms with van der Waals surface area (Å²) in [7, 11) is -1.88. The number of aryl methyl sites for hydroxylation is 2. The number of aromatic nitrogens is 4. The van der Waals surface area contributed by atoms with E-state index in [-0.39, 0.29) is 17.3 Å². The Morgan fingerprint density at radius 1 is 1.12 bits per heavy atom. The lowest BCUT2D eigenvalue weighted by atomic mass is 10.1. The summed E-state index contributed by atoms with van der Waals surface area (Å²) in [5.74, 6) is 0.977. The number of sulfonamides is 1. The average Bonchev–Trinajstić information content (AvgIpc) is 3.00. The van der Waals surface area contributed by atoms with Gasteiger partial charge < -0.3 is 10.6 Å². The molecule has 2 aromatic carbocycles. The summed E-state index contributed by atoms with van der Waals surface area (Å²) in [5, 5.41) is 17.3. The predicted molar refractivity (Wildman–Crippen MR) is 128 cm³/mol. The predicted octanol–water partition coefficient (Wildman–Crippen LogP) is 3.41. The summed E-state index contributed by atoms with van der Waals surface area (Å²) in [6.07, 6.45) is 1.63. The van der Waals surface area contributed by atoms with E-state index in [2.05, 4.69) is 43.9 Å². The molecule has 0 bridgehead atoms. The van der Waals surface area contributed by atoms with Gasteiger partial charge in [-0.1, -0.05) is 18.2 Å². The number of rotatable bonds is 6. The van der Waals surface area contributed by atoms with Gasteiger partial charge in [-0.25, -0.2) is 18.5 Å². The zero-order valence-electron chi connectivity index (χ0n) is 17.8. The van der Waals surface area contributed by atoms with E-state index >= 15 is 0 Å². The fraction of sp³-hybridized carbons (Fsp3) is 0.190. The van der Waals surface area contributed by atoms with Crippen LogP contribution >= 0.6 is 12.4 Å². The van der Waals surface area contributed by atoms with Crippen molar-refractivity contribution >= 4 is 50.8 Å². The SMILES string of the molecule is Cc1c(Nc2nccc(NCc3ccc4c(C)n(C)nc4c3)n2)cccc1S(N)(=O)=O.Cl. The third-order valence-electron chi connectivity index (χ3n) is 5.16. The van der Waals surface area contributed by atoms with E-state index in [0.717, 1.165) is 22.2 Å². The molecule has 2 aromatic heterocycles. The Hall–Kier alpha value is -3.21. The number of hydrogen-bond donors (Lipinski definition) is 3. The van der Waals surface area contributed by atoms with E-state index in [9.17, 15) is 8.42 Å². The van der Waals surface area contributed by atoms with Gasteiger partial charge in [-0.05, 0) is 49.2 Å². The molecule has 0 aliphatic carbocycles. The molecule has 0 unspecified atom stereocenters. The number of benzene rings is 2. The molecule has 0 atom stereocenters. The number of nitrogens with zero attached hydrogens (tertiary/aromatic N) is 4. The van der Waals surface area contributed by atoms with E-state index in [1.807, 2.05) is 18.7 Å². The van der Waals surface area contributed by atoms with Gasteiger partial charge in [-0.3, -0.25) is 4.68 Å². The first kappa shape index (κ1) is 23.5. The Labute approximate surface area is 192 Å². The molecular formula is C21H24ClN7O2S. The molecule has 0 aliphatic heterocycles. The Balaban J connectivity index is 0.00000289. The van der Waals surface area contributed by atoms with Crippen molar-refractivity contribution in [1.82, 2.24) is 19.7 Å². The van der Waals surface area contributed by atoms with Crippen LogP contribution in [0.25, 0.3) is 10.9 Å². The van der Waals surface area contributed by atoms with Crippen LogP contribution in [0.2, 0.25) is 0 Å². The zero-order valence-corrected chi connectivity index (χ0v) is 19.5. The minimum Gasteiger partial charge on any atom is -0.366 e. The second-order valence-electron chi connectivity index (χ2n) is 7.28. The molecule has 0 fully saturated rings. The van der Waals surface area contributed by atoms with Crippen LogP contribution < -0.4 is 15.8 Å². The second-order valence-corrected chi connectivity index (χ2v) is 8.81. The van der Waals surface area contributed by atoms with Crippen molar-refractivity contribution in [2.75, 3.05) is 10.6 Å². The molecule has 2 heterocycles. The number of primary sulfonamides is 1. The van der Waals surface area contributed by atoms with Crippen LogP contribution in [0.15, 0.2) is 53.6 Å². The number of anilines is 3. The molecular weight excluding hydrogens is 450 g/mol. The second kappa shape index (κ2) is 9.11. The van der Waals surface area contributed by atoms with Crippen molar-refractivity contribution in [3.8, 4) is 0 Å². The van der Waals surface area contributed by atoms with E-state index in [1.54, 1.807) is 31.3 Å². The number of nitrogens with two attached hydrogens (primary N) is 1. The minimum atomic E-state index is -3.81. The molecule has 4 rings (SSSR count). The molecule has 0 aliphatic rings. The molecule has 0 saturated carbocycles. The van der Waals surface area contributed by atoms with Gasteiger partial charge in [-0.15, -0.1) is 12.4 Å². The molecule has 168 valence electrons. The lowest BCUT2D eigenvalue weighted by Gasteiger charge is -2.12. The molecule has 11 heteroatoms. The molecule has 9 nitrogen and oxygen atoms in total. The van der Waals surface area contributed by atoms with Crippen LogP contribution in [0, 0.1) is 13.8 Å². The van der Waals surface area contributed by atoms with Crippen molar-refractivity contribution in [2.45, 2.75) is 25.3 Å². The van der Waals surface area contributed by atoms with Gasteiger partial charge in [0.1, 0.15) is 5.82 Å². The molecule has 0 saturated heterocycles. The Morgan fingerprint density at radius 3 is 2.66 bits per heavy atom. The molecule has 0 radical (unpaired) electrons. The third-order valence-corrected chi connectivity index (χ3v) is 6.22. The largest absolute Gasteiger partial charge is 0.366 e. The van der Waals surface area contributed by atoms with Crippen molar-refractivity contribution in [1.29, 1.82) is 0 Å². The topological polar surface area (TPSA) is 128 Å². The van der Waals surface area contributed by atoms with Gasteiger partial charge in [0.25, 0.3) is 0 Å². The highest BCUT2D eigenvalue weighted by atomic mass is 35.5. The van der Waals surface area contributed by atoms with Crippen LogP contribution in [0.1, 0.15) is 16.8 Å². The maximum Gasteiger partial charge on any atom is 0.238 e. The van der Waals surface area contributed by atoms with Crippen LogP contribution in [0.4, 0.5) is 17.5 Å². The quantitative estimate of drug-likeness (QED) is 0.391. The molecule has 0 spiro atoms. The normalized spacial score (nSPS) is 11.2. The van der Waals surface area contributed by atoms with Gasteiger partial charge in [0.2, 0.25) is 16.0 Å². The fourth-order valence-corrected chi connectivity index (χ4v) is 4.18. The highest BCUT2D eigenvalue weighted by Gasteiger charge is 2.14. The van der Waals surface area contributed by atoms with Crippen molar-refractivity contribution < 1.29 is 8.42 Å². The van der Waals surface area contributed by atoms with Gasteiger partial charge >= 0.3 is 0 Å². The number of nitrogens with one attached hydrogen (secondary N) is 2. The van der Waals surface area contributed by atoms with Crippen LogP contribution in [-0.4, -0.2) is 28.2 Å². The Kier molecular flexibility index (Phi) is 6.68. The number of fused-ring (bicyclic) bond motifs is 1. The van der Waals surface area contributed by atoms with E-state index in [4.69, 9.17) is 5.14 Å². The van der Waals surface area contributed by atoms with Crippen LogP contribution in [0.5, 0.6) is 0 Å². The van der Waals surface area contributed by atoms with Gasteiger partial charge in [0, 0.05) is 36.6 Å². The monoisotopic (exact) mass is 473 g/mol. The van der Waals surface area contributed by atoms with Gasteiger partial charge in [-0.2, -0.15) is 10.1 Å². The van der Waals surface area contributed by atoms with Crippen molar-refractivity contribution in [3.63, 3.8) is 0 Å². The Bertz CT molecular complexity index is 1390. The van der Waals surface area contributed by atoms with Gasteiger partial charge in [0.05, 0.1) is 10.4 Å². The molecule has 4 aromatic rings. The van der Waals surface area contributed by atoms with Gasteiger partial charge in [0.15, 0.2) is 0 Å². The minimum absolute atomic E-state index is 0. The molecule has 4 N–H and O–H groups in total. The average molecular weight is 474 g/mol. The summed E-state index contributed by atoms with van der Waals surface area (Å²) < 4.78 is 25.3. The maximum absolute atomic E-state index is 11.7. The lowest BCUT2D eigenvalue weighted by molar-refractivity contribution is 0.597. The van der Waals surface area contributed by atoms with Crippen molar-refractivity contribution in [2.24, 2.45) is 12.2 Å². The first-order valence-electron chi connectivity index (χ1n) is 9.61.